The molecule has 0 amide bonds. The number of benzene rings is 2. The van der Waals surface area contributed by atoms with Crippen LogP contribution in [0, 0.1) is 13.8 Å². The molecule has 0 fully saturated rings. The first-order chi connectivity index (χ1) is 9.81. The molecular formula is C19H24O2. The summed E-state index contributed by atoms with van der Waals surface area (Å²) in [7, 11) is 0. The van der Waals surface area contributed by atoms with E-state index in [1.807, 2.05) is 25.1 Å². The van der Waals surface area contributed by atoms with E-state index in [-0.39, 0.29) is 12.0 Å². The number of ether oxygens (including phenoxy) is 1. The second-order valence-corrected chi connectivity index (χ2v) is 6.62. The molecule has 0 aromatic heterocycles. The zero-order chi connectivity index (χ0) is 15.6. The predicted molar refractivity (Wildman–Crippen MR) is 87.1 cm³/mol. The minimum absolute atomic E-state index is 0.00705. The van der Waals surface area contributed by atoms with Crippen LogP contribution >= 0.6 is 0 Å². The van der Waals surface area contributed by atoms with Gasteiger partial charge in [-0.1, -0.05) is 50.6 Å². The van der Waals surface area contributed by atoms with Crippen molar-refractivity contribution >= 4 is 0 Å². The van der Waals surface area contributed by atoms with Crippen LogP contribution in [-0.4, -0.2) is 5.11 Å². The van der Waals surface area contributed by atoms with Gasteiger partial charge in [-0.15, -0.1) is 0 Å². The molecule has 0 aliphatic rings. The lowest BCUT2D eigenvalue weighted by Crippen LogP contribution is -2.12. The summed E-state index contributed by atoms with van der Waals surface area (Å²) < 4.78 is 6.13. The van der Waals surface area contributed by atoms with Crippen LogP contribution in [0.3, 0.4) is 0 Å². The van der Waals surface area contributed by atoms with Crippen molar-refractivity contribution in [3.63, 3.8) is 0 Å². The fourth-order valence-corrected chi connectivity index (χ4v) is 2.38. The van der Waals surface area contributed by atoms with Gasteiger partial charge in [-0.3, -0.25) is 0 Å². The monoisotopic (exact) mass is 284 g/mol. The van der Waals surface area contributed by atoms with Gasteiger partial charge in [0.15, 0.2) is 0 Å². The van der Waals surface area contributed by atoms with Gasteiger partial charge in [0.05, 0.1) is 6.61 Å². The van der Waals surface area contributed by atoms with Gasteiger partial charge in [-0.25, -0.2) is 0 Å². The van der Waals surface area contributed by atoms with Crippen LogP contribution in [0.15, 0.2) is 36.4 Å². The number of hydrogen-bond donors (Lipinski definition) is 1. The average Bonchev–Trinajstić information content (AvgIpc) is 2.39. The molecule has 112 valence electrons. The van der Waals surface area contributed by atoms with Gasteiger partial charge in [-0.2, -0.15) is 0 Å². The fraction of sp³-hybridized carbons (Fsp3) is 0.368. The molecule has 0 aliphatic heterocycles. The first kappa shape index (κ1) is 15.6. The Balaban J connectivity index is 2.46. The normalized spacial score (nSPS) is 11.5. The SMILES string of the molecule is Cc1ccc(Oc2cc(C)ccc2C(C)(C)C)c(CO)c1. The van der Waals surface area contributed by atoms with Gasteiger partial charge in [0.25, 0.3) is 0 Å². The fourth-order valence-electron chi connectivity index (χ4n) is 2.38. The Bertz CT molecular complexity index is 636. The lowest BCUT2D eigenvalue weighted by Gasteiger charge is -2.23. The predicted octanol–water partition coefficient (Wildman–Crippen LogP) is 4.89. The minimum atomic E-state index is -0.0202. The highest BCUT2D eigenvalue weighted by Gasteiger charge is 2.20. The average molecular weight is 284 g/mol. The number of aliphatic hydroxyl groups is 1. The molecule has 2 aromatic rings. The van der Waals surface area contributed by atoms with Crippen LogP contribution in [0.2, 0.25) is 0 Å². The number of aryl methyl sites for hydroxylation is 2. The first-order valence-corrected chi connectivity index (χ1v) is 7.30. The van der Waals surface area contributed by atoms with Crippen molar-refractivity contribution in [3.05, 3.63) is 58.7 Å². The van der Waals surface area contributed by atoms with E-state index < -0.39 is 0 Å². The van der Waals surface area contributed by atoms with Crippen molar-refractivity contribution in [2.75, 3.05) is 0 Å². The molecule has 0 saturated heterocycles. The van der Waals surface area contributed by atoms with E-state index in [0.29, 0.717) is 0 Å². The van der Waals surface area contributed by atoms with Crippen molar-refractivity contribution in [1.82, 2.24) is 0 Å². The topological polar surface area (TPSA) is 29.5 Å². The molecule has 0 atom stereocenters. The molecule has 0 saturated carbocycles. The number of aliphatic hydroxyl groups excluding tert-OH is 1. The Morgan fingerprint density at radius 3 is 2.14 bits per heavy atom. The van der Waals surface area contributed by atoms with Crippen molar-refractivity contribution in [1.29, 1.82) is 0 Å². The molecule has 2 aromatic carbocycles. The molecule has 0 spiro atoms. The highest BCUT2D eigenvalue weighted by molar-refractivity contribution is 5.46. The maximum Gasteiger partial charge on any atom is 0.132 e. The molecule has 0 bridgehead atoms. The maximum absolute atomic E-state index is 9.52. The molecule has 2 heteroatoms. The van der Waals surface area contributed by atoms with E-state index in [9.17, 15) is 5.11 Å². The van der Waals surface area contributed by atoms with Crippen LogP contribution in [0.1, 0.15) is 43.0 Å². The lowest BCUT2D eigenvalue weighted by molar-refractivity contribution is 0.276. The summed E-state index contributed by atoms with van der Waals surface area (Å²) in [5, 5.41) is 9.52. The third-order valence-corrected chi connectivity index (χ3v) is 3.55. The van der Waals surface area contributed by atoms with Crippen molar-refractivity contribution < 1.29 is 9.84 Å². The van der Waals surface area contributed by atoms with Gasteiger partial charge >= 0.3 is 0 Å². The van der Waals surface area contributed by atoms with Gasteiger partial charge in [0.1, 0.15) is 11.5 Å². The molecule has 0 heterocycles. The molecule has 21 heavy (non-hydrogen) atoms. The quantitative estimate of drug-likeness (QED) is 0.870. The standard InChI is InChI=1S/C19H24O2/c1-13-7-9-17(15(10-13)12-20)21-18-11-14(2)6-8-16(18)19(3,4)5/h6-11,20H,12H2,1-5H3. The summed E-state index contributed by atoms with van der Waals surface area (Å²) >= 11 is 0. The summed E-state index contributed by atoms with van der Waals surface area (Å²) in [5.74, 6) is 1.58. The van der Waals surface area contributed by atoms with E-state index in [1.54, 1.807) is 0 Å². The molecule has 0 radical (unpaired) electrons. The Hall–Kier alpha value is -1.80. The Kier molecular flexibility index (Phi) is 4.38. The highest BCUT2D eigenvalue weighted by atomic mass is 16.5. The first-order valence-electron chi connectivity index (χ1n) is 7.30. The molecule has 2 rings (SSSR count). The van der Waals surface area contributed by atoms with E-state index in [4.69, 9.17) is 4.74 Å². The molecule has 0 aliphatic carbocycles. The van der Waals surface area contributed by atoms with E-state index in [1.165, 1.54) is 0 Å². The van der Waals surface area contributed by atoms with Crippen molar-refractivity contribution in [3.8, 4) is 11.5 Å². The van der Waals surface area contributed by atoms with Crippen LogP contribution in [0.25, 0.3) is 0 Å². The zero-order valence-electron chi connectivity index (χ0n) is 13.5. The number of hydrogen-bond acceptors (Lipinski definition) is 2. The van der Waals surface area contributed by atoms with Crippen LogP contribution in [0.4, 0.5) is 0 Å². The lowest BCUT2D eigenvalue weighted by atomic mass is 9.86. The van der Waals surface area contributed by atoms with Crippen LogP contribution in [-0.2, 0) is 12.0 Å². The van der Waals surface area contributed by atoms with E-state index in [2.05, 4.69) is 45.9 Å². The van der Waals surface area contributed by atoms with E-state index >= 15 is 0 Å². The summed E-state index contributed by atoms with van der Waals surface area (Å²) in [4.78, 5) is 0. The van der Waals surface area contributed by atoms with Crippen molar-refractivity contribution in [2.45, 2.75) is 46.6 Å². The summed E-state index contributed by atoms with van der Waals surface area (Å²) in [5.41, 5.74) is 4.27. The van der Waals surface area contributed by atoms with Gasteiger partial charge in [0.2, 0.25) is 0 Å². The molecular weight excluding hydrogens is 260 g/mol. The van der Waals surface area contributed by atoms with Gasteiger partial charge in [0, 0.05) is 11.1 Å². The maximum atomic E-state index is 9.52. The summed E-state index contributed by atoms with van der Waals surface area (Å²) in [6.07, 6.45) is 0. The third kappa shape index (κ3) is 3.64. The summed E-state index contributed by atoms with van der Waals surface area (Å²) in [6, 6.07) is 12.2. The molecule has 0 unspecified atom stereocenters. The van der Waals surface area contributed by atoms with Gasteiger partial charge in [-0.05, 0) is 37.0 Å². The van der Waals surface area contributed by atoms with Crippen molar-refractivity contribution in [2.24, 2.45) is 0 Å². The Labute approximate surface area is 127 Å². The second kappa shape index (κ2) is 5.90. The number of rotatable bonds is 3. The highest BCUT2D eigenvalue weighted by Crippen LogP contribution is 2.36. The zero-order valence-corrected chi connectivity index (χ0v) is 13.5. The Morgan fingerprint density at radius 1 is 0.905 bits per heavy atom. The molecule has 1 N–H and O–H groups in total. The smallest absolute Gasteiger partial charge is 0.132 e. The molecule has 2 nitrogen and oxygen atoms in total. The van der Waals surface area contributed by atoms with E-state index in [0.717, 1.165) is 33.8 Å². The third-order valence-electron chi connectivity index (χ3n) is 3.55. The van der Waals surface area contributed by atoms with Gasteiger partial charge < -0.3 is 9.84 Å². The van der Waals surface area contributed by atoms with Crippen LogP contribution in [0.5, 0.6) is 11.5 Å². The van der Waals surface area contributed by atoms with Crippen LogP contribution < -0.4 is 4.74 Å². The Morgan fingerprint density at radius 2 is 1.52 bits per heavy atom. The minimum Gasteiger partial charge on any atom is -0.457 e. The second-order valence-electron chi connectivity index (χ2n) is 6.62. The largest absolute Gasteiger partial charge is 0.457 e. The summed E-state index contributed by atoms with van der Waals surface area (Å²) in [6.45, 7) is 10.6.